The molecule has 0 bridgehead atoms. The molecule has 1 unspecified atom stereocenters. The molecule has 0 saturated carbocycles. The van der Waals surface area contributed by atoms with E-state index in [2.05, 4.69) is 64.8 Å². The summed E-state index contributed by atoms with van der Waals surface area (Å²) >= 11 is 0. The van der Waals surface area contributed by atoms with E-state index in [0.717, 1.165) is 49.7 Å². The van der Waals surface area contributed by atoms with Crippen LogP contribution in [-0.4, -0.2) is 45.3 Å². The molecule has 1 fully saturated rings. The van der Waals surface area contributed by atoms with Crippen LogP contribution in [0.25, 0.3) is 11.1 Å². The number of ether oxygens (including phenoxy) is 2. The minimum atomic E-state index is 0.0702. The van der Waals surface area contributed by atoms with E-state index in [-0.39, 0.29) is 6.04 Å². The predicted octanol–water partition coefficient (Wildman–Crippen LogP) is 4.76. The second-order valence-electron chi connectivity index (χ2n) is 7.61. The van der Waals surface area contributed by atoms with Crippen LogP contribution in [0.1, 0.15) is 23.6 Å². The third-order valence-electron chi connectivity index (χ3n) is 5.81. The molecule has 1 N–H and O–H groups in total. The van der Waals surface area contributed by atoms with Crippen LogP contribution in [0.3, 0.4) is 0 Å². The Hall–Kier alpha value is -2.82. The van der Waals surface area contributed by atoms with Crippen molar-refractivity contribution in [2.24, 2.45) is 0 Å². The molecule has 4 rings (SSSR count). The zero-order valence-corrected chi connectivity index (χ0v) is 17.8. The number of benzene rings is 3. The van der Waals surface area contributed by atoms with Crippen molar-refractivity contribution in [1.29, 1.82) is 0 Å². The van der Waals surface area contributed by atoms with E-state index in [9.17, 15) is 0 Å². The quantitative estimate of drug-likeness (QED) is 0.645. The third kappa shape index (κ3) is 4.35. The lowest BCUT2D eigenvalue weighted by atomic mass is 9.93. The first-order valence-electron chi connectivity index (χ1n) is 10.6. The van der Waals surface area contributed by atoms with Gasteiger partial charge in [-0.3, -0.25) is 4.90 Å². The van der Waals surface area contributed by atoms with Crippen molar-refractivity contribution in [3.8, 4) is 22.6 Å². The molecular weight excluding hydrogens is 372 g/mol. The van der Waals surface area contributed by atoms with Crippen LogP contribution in [0.5, 0.6) is 11.5 Å². The zero-order chi connectivity index (χ0) is 20.8. The lowest BCUT2D eigenvalue weighted by molar-refractivity contribution is 0.231. The fourth-order valence-electron chi connectivity index (χ4n) is 4.32. The Bertz CT molecular complexity index is 911. The van der Waals surface area contributed by atoms with Crippen LogP contribution in [-0.2, 0) is 0 Å². The molecule has 1 aliphatic heterocycles. The van der Waals surface area contributed by atoms with E-state index in [0.29, 0.717) is 0 Å². The summed E-state index contributed by atoms with van der Waals surface area (Å²) in [5.74, 6) is 1.73. The van der Waals surface area contributed by atoms with Crippen molar-refractivity contribution < 1.29 is 9.47 Å². The first kappa shape index (κ1) is 20.5. The molecule has 0 amide bonds. The van der Waals surface area contributed by atoms with Crippen LogP contribution in [0.15, 0.2) is 72.8 Å². The van der Waals surface area contributed by atoms with Gasteiger partial charge in [0.2, 0.25) is 0 Å². The van der Waals surface area contributed by atoms with Gasteiger partial charge in [-0.05, 0) is 41.8 Å². The van der Waals surface area contributed by atoms with Crippen LogP contribution in [0.4, 0.5) is 0 Å². The van der Waals surface area contributed by atoms with Gasteiger partial charge < -0.3 is 14.8 Å². The maximum Gasteiger partial charge on any atom is 0.127 e. The predicted molar refractivity (Wildman–Crippen MR) is 122 cm³/mol. The summed E-state index contributed by atoms with van der Waals surface area (Å²) in [5, 5.41) is 3.52. The molecule has 30 heavy (non-hydrogen) atoms. The van der Waals surface area contributed by atoms with Gasteiger partial charge in [0.1, 0.15) is 11.5 Å². The second kappa shape index (κ2) is 9.79. The molecule has 4 heteroatoms. The summed E-state index contributed by atoms with van der Waals surface area (Å²) in [4.78, 5) is 2.54. The largest absolute Gasteiger partial charge is 0.496 e. The van der Waals surface area contributed by atoms with Gasteiger partial charge in [0.15, 0.2) is 0 Å². The fraction of sp³-hybridized carbons (Fsp3) is 0.308. The SMILES string of the molecule is COc1cccc(OC)c1C(c1ccc(-c2ccccc2)cc1)N1CCCNCC1. The Morgan fingerprint density at radius 3 is 2.07 bits per heavy atom. The maximum atomic E-state index is 5.78. The Morgan fingerprint density at radius 2 is 1.40 bits per heavy atom. The molecule has 0 radical (unpaired) electrons. The first-order chi connectivity index (χ1) is 14.8. The van der Waals surface area contributed by atoms with E-state index in [1.165, 1.54) is 16.7 Å². The smallest absolute Gasteiger partial charge is 0.127 e. The summed E-state index contributed by atoms with van der Waals surface area (Å²) in [6, 6.07) is 25.5. The van der Waals surface area contributed by atoms with E-state index >= 15 is 0 Å². The van der Waals surface area contributed by atoms with E-state index in [1.807, 2.05) is 18.2 Å². The van der Waals surface area contributed by atoms with E-state index < -0.39 is 0 Å². The van der Waals surface area contributed by atoms with Gasteiger partial charge in [-0.25, -0.2) is 0 Å². The maximum absolute atomic E-state index is 5.78. The number of hydrogen-bond donors (Lipinski definition) is 1. The number of nitrogens with one attached hydrogen (secondary N) is 1. The minimum Gasteiger partial charge on any atom is -0.496 e. The average Bonchev–Trinajstić information content (AvgIpc) is 3.10. The lowest BCUT2D eigenvalue weighted by Gasteiger charge is -2.33. The van der Waals surface area contributed by atoms with Gasteiger partial charge >= 0.3 is 0 Å². The van der Waals surface area contributed by atoms with Crippen molar-refractivity contribution in [2.45, 2.75) is 12.5 Å². The van der Waals surface area contributed by atoms with Gasteiger partial charge in [-0.1, -0.05) is 60.7 Å². The molecule has 1 heterocycles. The molecule has 0 aliphatic carbocycles. The number of rotatable bonds is 6. The highest BCUT2D eigenvalue weighted by molar-refractivity contribution is 5.64. The highest BCUT2D eigenvalue weighted by atomic mass is 16.5. The van der Waals surface area contributed by atoms with Crippen molar-refractivity contribution in [3.05, 3.63) is 83.9 Å². The zero-order valence-electron chi connectivity index (χ0n) is 17.8. The number of methoxy groups -OCH3 is 2. The second-order valence-corrected chi connectivity index (χ2v) is 7.61. The summed E-state index contributed by atoms with van der Waals surface area (Å²) in [6.45, 7) is 4.04. The fourth-order valence-corrected chi connectivity index (χ4v) is 4.32. The average molecular weight is 403 g/mol. The number of nitrogens with zero attached hydrogens (tertiary/aromatic N) is 1. The summed E-state index contributed by atoms with van der Waals surface area (Å²) in [5.41, 5.74) is 4.80. The molecular formula is C26H30N2O2. The monoisotopic (exact) mass is 402 g/mol. The molecule has 3 aromatic carbocycles. The summed E-state index contributed by atoms with van der Waals surface area (Å²) < 4.78 is 11.6. The Morgan fingerprint density at radius 1 is 0.733 bits per heavy atom. The highest BCUT2D eigenvalue weighted by Crippen LogP contribution is 2.41. The first-order valence-corrected chi connectivity index (χ1v) is 10.6. The van der Waals surface area contributed by atoms with E-state index in [1.54, 1.807) is 14.2 Å². The summed E-state index contributed by atoms with van der Waals surface area (Å²) in [6.07, 6.45) is 1.12. The van der Waals surface area contributed by atoms with Crippen molar-refractivity contribution in [3.63, 3.8) is 0 Å². The normalized spacial score (nSPS) is 15.9. The molecule has 0 aromatic heterocycles. The Labute approximate surface area is 179 Å². The molecule has 1 saturated heterocycles. The molecule has 0 spiro atoms. The molecule has 4 nitrogen and oxygen atoms in total. The molecule has 1 aliphatic rings. The van der Waals surface area contributed by atoms with Crippen molar-refractivity contribution >= 4 is 0 Å². The third-order valence-corrected chi connectivity index (χ3v) is 5.81. The lowest BCUT2D eigenvalue weighted by Crippen LogP contribution is -2.33. The van der Waals surface area contributed by atoms with Crippen molar-refractivity contribution in [2.75, 3.05) is 40.4 Å². The van der Waals surface area contributed by atoms with Crippen LogP contribution >= 0.6 is 0 Å². The van der Waals surface area contributed by atoms with Crippen LogP contribution < -0.4 is 14.8 Å². The Kier molecular flexibility index (Phi) is 6.67. The minimum absolute atomic E-state index is 0.0702. The van der Waals surface area contributed by atoms with Gasteiger partial charge in [0.05, 0.1) is 25.8 Å². The van der Waals surface area contributed by atoms with Crippen LogP contribution in [0, 0.1) is 0 Å². The van der Waals surface area contributed by atoms with Crippen molar-refractivity contribution in [1.82, 2.24) is 10.2 Å². The number of hydrogen-bond acceptors (Lipinski definition) is 4. The van der Waals surface area contributed by atoms with Gasteiger partial charge in [0.25, 0.3) is 0 Å². The summed E-state index contributed by atoms with van der Waals surface area (Å²) in [7, 11) is 3.47. The highest BCUT2D eigenvalue weighted by Gasteiger charge is 2.29. The van der Waals surface area contributed by atoms with Crippen LogP contribution in [0.2, 0.25) is 0 Å². The Balaban J connectivity index is 1.79. The van der Waals surface area contributed by atoms with E-state index in [4.69, 9.17) is 9.47 Å². The van der Waals surface area contributed by atoms with Gasteiger partial charge in [0, 0.05) is 19.6 Å². The standard InChI is InChI=1S/C26H30N2O2/c1-29-23-10-6-11-24(30-2)25(23)26(28-18-7-16-27-17-19-28)22-14-12-21(13-15-22)20-8-4-3-5-9-20/h3-6,8-15,26-27H,7,16-19H2,1-2H3. The molecule has 1 atom stereocenters. The van der Waals surface area contributed by atoms with Gasteiger partial charge in [-0.15, -0.1) is 0 Å². The van der Waals surface area contributed by atoms with Gasteiger partial charge in [-0.2, -0.15) is 0 Å². The topological polar surface area (TPSA) is 33.7 Å². The molecule has 156 valence electrons. The molecule has 3 aromatic rings.